The highest BCUT2D eigenvalue weighted by Gasteiger charge is 2.24. The molecule has 11 rings (SSSR count). The van der Waals surface area contributed by atoms with Gasteiger partial charge in [0, 0.05) is 50.3 Å². The zero-order valence-corrected chi connectivity index (χ0v) is 31.4. The molecule has 0 saturated heterocycles. The summed E-state index contributed by atoms with van der Waals surface area (Å²) in [5.41, 5.74) is 14.2. The predicted octanol–water partition coefficient (Wildman–Crippen LogP) is 11.8. The van der Waals surface area contributed by atoms with Crippen molar-refractivity contribution in [3.05, 3.63) is 204 Å². The normalized spacial score (nSPS) is 16.4. The molecule has 272 valence electrons. The Morgan fingerprint density at radius 2 is 1.25 bits per heavy atom. The lowest BCUT2D eigenvalue weighted by molar-refractivity contribution is 0.723. The summed E-state index contributed by atoms with van der Waals surface area (Å²) in [5, 5.41) is 7.27. The summed E-state index contributed by atoms with van der Waals surface area (Å²) >= 11 is 0. The van der Waals surface area contributed by atoms with Gasteiger partial charge >= 0.3 is 0 Å². The molecule has 2 unspecified atom stereocenters. The molecule has 6 nitrogen and oxygen atoms in total. The van der Waals surface area contributed by atoms with Gasteiger partial charge in [0.2, 0.25) is 0 Å². The van der Waals surface area contributed by atoms with Crippen LogP contribution in [0.25, 0.3) is 67.1 Å². The van der Waals surface area contributed by atoms with Gasteiger partial charge in [-0.05, 0) is 66.1 Å². The van der Waals surface area contributed by atoms with Crippen LogP contribution < -0.4 is 5.32 Å². The Bertz CT molecular complexity index is 3080. The first kappa shape index (κ1) is 33.1. The van der Waals surface area contributed by atoms with Crippen LogP contribution in [0.5, 0.6) is 0 Å². The highest BCUT2D eigenvalue weighted by molar-refractivity contribution is 6.10. The van der Waals surface area contributed by atoms with E-state index in [-0.39, 0.29) is 6.04 Å². The van der Waals surface area contributed by atoms with Gasteiger partial charge in [0.15, 0.2) is 5.84 Å². The third-order valence-electron chi connectivity index (χ3n) is 11.5. The number of rotatable bonds is 6. The standard InChI is InChI=1S/C51H38N6/c1-33-14-12-23-41-39-21-8-11-25-48(39)57(50(33)41)38-20-13-19-37(29-38)56-47-24-10-9-22-40(47)42-28-36(26-27-49(42)56)45-31-53-46(32-52-45)51-54-43(34-15-4-2-5-16-34)30-44(55-51)35-17-6-3-7-18-35/h2-13,15-33,43H,14H2,1H3,(H,54,55). The van der Waals surface area contributed by atoms with Gasteiger partial charge in [-0.1, -0.05) is 128 Å². The maximum Gasteiger partial charge on any atom is 0.154 e. The van der Waals surface area contributed by atoms with Crippen molar-refractivity contribution < 1.29 is 0 Å². The van der Waals surface area contributed by atoms with E-state index in [1.54, 1.807) is 0 Å². The van der Waals surface area contributed by atoms with Crippen LogP contribution in [0.3, 0.4) is 0 Å². The molecule has 1 aliphatic carbocycles. The highest BCUT2D eigenvalue weighted by atomic mass is 15.1. The van der Waals surface area contributed by atoms with Crippen LogP contribution in [-0.2, 0) is 0 Å². The number of para-hydroxylation sites is 2. The second kappa shape index (κ2) is 13.5. The Balaban J connectivity index is 0.972. The van der Waals surface area contributed by atoms with E-state index in [4.69, 9.17) is 15.0 Å². The van der Waals surface area contributed by atoms with Crippen molar-refractivity contribution >= 4 is 50.3 Å². The van der Waals surface area contributed by atoms with E-state index >= 15 is 0 Å². The Kier molecular flexibility index (Phi) is 7.81. The van der Waals surface area contributed by atoms with E-state index in [9.17, 15) is 0 Å². The van der Waals surface area contributed by atoms with Crippen molar-refractivity contribution in [2.75, 3.05) is 0 Å². The minimum atomic E-state index is -0.0514. The fraction of sp³-hybridized carbons (Fsp3) is 0.0784. The molecule has 6 heteroatoms. The van der Waals surface area contributed by atoms with Gasteiger partial charge in [0.1, 0.15) is 5.69 Å². The lowest BCUT2D eigenvalue weighted by Gasteiger charge is -2.24. The zero-order chi connectivity index (χ0) is 37.9. The molecule has 3 aromatic heterocycles. The minimum Gasteiger partial charge on any atom is -0.358 e. The summed E-state index contributed by atoms with van der Waals surface area (Å²) in [6, 6.07) is 53.8. The number of hydrogen-bond acceptors (Lipinski definition) is 4. The van der Waals surface area contributed by atoms with Crippen LogP contribution in [0.1, 0.15) is 53.4 Å². The van der Waals surface area contributed by atoms with Crippen molar-refractivity contribution in [3.8, 4) is 22.6 Å². The first-order valence-corrected chi connectivity index (χ1v) is 19.6. The molecule has 2 aliphatic rings. The number of hydrogen-bond donors (Lipinski definition) is 1. The molecule has 0 spiro atoms. The van der Waals surface area contributed by atoms with E-state index in [2.05, 4.69) is 167 Å². The van der Waals surface area contributed by atoms with Crippen LogP contribution >= 0.6 is 0 Å². The number of aliphatic imine (C=N–C) groups is 1. The van der Waals surface area contributed by atoms with Gasteiger partial charge in [-0.2, -0.15) is 0 Å². The number of fused-ring (bicyclic) bond motifs is 6. The third kappa shape index (κ3) is 5.60. The van der Waals surface area contributed by atoms with Crippen LogP contribution in [-0.4, -0.2) is 24.9 Å². The largest absolute Gasteiger partial charge is 0.358 e. The SMILES string of the molecule is CC1CC=Cc2c1n(-c1cccc(-n3c4ccccc4c4cc(-c5cnc(C6=NC(c7ccccc7)=CC(c7ccccc7)N6)cn5)ccc43)c1)c1ccccc21. The molecule has 9 aromatic rings. The average molecular weight is 735 g/mol. The average Bonchev–Trinajstić information content (AvgIpc) is 3.80. The first-order chi connectivity index (χ1) is 28.2. The predicted molar refractivity (Wildman–Crippen MR) is 234 cm³/mol. The Labute approximate surface area is 330 Å². The van der Waals surface area contributed by atoms with Crippen molar-refractivity contribution in [2.24, 2.45) is 4.99 Å². The lowest BCUT2D eigenvalue weighted by Crippen LogP contribution is -2.32. The van der Waals surface area contributed by atoms with E-state index in [0.29, 0.717) is 17.4 Å². The van der Waals surface area contributed by atoms with Gasteiger partial charge in [-0.25, -0.2) is 9.98 Å². The lowest BCUT2D eigenvalue weighted by atomic mass is 9.93. The number of nitrogens with zero attached hydrogens (tertiary/aromatic N) is 5. The molecule has 2 atom stereocenters. The van der Waals surface area contributed by atoms with Crippen molar-refractivity contribution in [2.45, 2.75) is 25.3 Å². The number of nitrogens with one attached hydrogen (secondary N) is 1. The molecule has 57 heavy (non-hydrogen) atoms. The molecule has 1 N–H and O–H groups in total. The maximum atomic E-state index is 5.03. The summed E-state index contributed by atoms with van der Waals surface area (Å²) in [6.45, 7) is 2.34. The molecule has 6 aromatic carbocycles. The second-order valence-electron chi connectivity index (χ2n) is 15.0. The van der Waals surface area contributed by atoms with Crippen molar-refractivity contribution in [3.63, 3.8) is 0 Å². The zero-order valence-electron chi connectivity index (χ0n) is 31.4. The molecule has 0 fully saturated rings. The van der Waals surface area contributed by atoms with Crippen LogP contribution in [0.15, 0.2) is 181 Å². The number of benzene rings is 6. The van der Waals surface area contributed by atoms with Crippen LogP contribution in [0.2, 0.25) is 0 Å². The van der Waals surface area contributed by atoms with Gasteiger partial charge < -0.3 is 14.5 Å². The van der Waals surface area contributed by atoms with Gasteiger partial charge in [0.25, 0.3) is 0 Å². The molecule has 0 saturated carbocycles. The fourth-order valence-corrected chi connectivity index (χ4v) is 8.78. The summed E-state index contributed by atoms with van der Waals surface area (Å²) < 4.78 is 4.87. The molecular formula is C51H38N6. The maximum absolute atomic E-state index is 5.03. The van der Waals surface area contributed by atoms with E-state index < -0.39 is 0 Å². The van der Waals surface area contributed by atoms with Gasteiger partial charge in [0.05, 0.1) is 46.4 Å². The van der Waals surface area contributed by atoms with Gasteiger partial charge in [-0.3, -0.25) is 4.98 Å². The third-order valence-corrected chi connectivity index (χ3v) is 11.5. The summed E-state index contributed by atoms with van der Waals surface area (Å²) in [4.78, 5) is 14.9. The van der Waals surface area contributed by atoms with Crippen LogP contribution in [0.4, 0.5) is 0 Å². The molecule has 1 aliphatic heterocycles. The first-order valence-electron chi connectivity index (χ1n) is 19.6. The minimum absolute atomic E-state index is 0.0514. The summed E-state index contributed by atoms with van der Waals surface area (Å²) in [7, 11) is 0. The molecule has 4 heterocycles. The summed E-state index contributed by atoms with van der Waals surface area (Å²) in [5.74, 6) is 1.12. The summed E-state index contributed by atoms with van der Waals surface area (Å²) in [6.07, 6.45) is 11.5. The second-order valence-corrected chi connectivity index (χ2v) is 15.0. The fourth-order valence-electron chi connectivity index (χ4n) is 8.78. The smallest absolute Gasteiger partial charge is 0.154 e. The number of amidine groups is 1. The Morgan fingerprint density at radius 1 is 0.579 bits per heavy atom. The Morgan fingerprint density at radius 3 is 2.04 bits per heavy atom. The van der Waals surface area contributed by atoms with E-state index in [1.807, 2.05) is 36.7 Å². The van der Waals surface area contributed by atoms with E-state index in [1.165, 1.54) is 38.6 Å². The monoisotopic (exact) mass is 734 g/mol. The molecule has 0 radical (unpaired) electrons. The van der Waals surface area contributed by atoms with Crippen molar-refractivity contribution in [1.82, 2.24) is 24.4 Å². The van der Waals surface area contributed by atoms with E-state index in [0.717, 1.165) is 51.2 Å². The number of allylic oxidation sites excluding steroid dienone is 1. The molecule has 0 bridgehead atoms. The Hall–Kier alpha value is -7.31. The highest BCUT2D eigenvalue weighted by Crippen LogP contribution is 2.40. The van der Waals surface area contributed by atoms with Crippen LogP contribution in [0, 0.1) is 0 Å². The number of aromatic nitrogens is 4. The quantitative estimate of drug-likeness (QED) is 0.185. The molecular weight excluding hydrogens is 697 g/mol. The topological polar surface area (TPSA) is 60.0 Å². The van der Waals surface area contributed by atoms with Gasteiger partial charge in [-0.15, -0.1) is 0 Å². The molecule has 0 amide bonds. The van der Waals surface area contributed by atoms with Crippen molar-refractivity contribution in [1.29, 1.82) is 0 Å².